The topological polar surface area (TPSA) is 24.1 Å². The Balaban J connectivity index is -0.000000107. The number of rotatable bonds is 2. The van der Waals surface area contributed by atoms with Crippen LogP contribution < -0.4 is 9.96 Å². The number of nitrogens with one attached hydrogen (secondary N) is 2. The summed E-state index contributed by atoms with van der Waals surface area (Å²) in [6.45, 7) is 9.00. The SMILES string of the molecule is CN[SiH](C)C.CN[SiH](C)C.[Li]. The van der Waals surface area contributed by atoms with E-state index in [1.54, 1.807) is 0 Å². The average Bonchev–Trinajstić information content (AvgIpc) is 1.89. The largest absolute Gasteiger partial charge is 0.343 e. The summed E-state index contributed by atoms with van der Waals surface area (Å²) in [7, 11) is 3.22. The summed E-state index contributed by atoms with van der Waals surface area (Å²) in [6, 6.07) is 0. The molecule has 0 atom stereocenters. The minimum Gasteiger partial charge on any atom is -0.343 e. The molecule has 0 aliphatic rings. The van der Waals surface area contributed by atoms with Crippen molar-refractivity contribution in [2.45, 2.75) is 26.2 Å². The molecule has 1 radical (unpaired) electrons. The molecule has 0 saturated heterocycles. The Morgan fingerprint density at radius 3 is 0.818 bits per heavy atom. The van der Waals surface area contributed by atoms with E-state index in [0.717, 1.165) is 0 Å². The molecule has 0 amide bonds. The van der Waals surface area contributed by atoms with Crippen molar-refractivity contribution in [2.75, 3.05) is 14.1 Å². The molecule has 0 fully saturated rings. The van der Waals surface area contributed by atoms with Crippen molar-refractivity contribution in [3.63, 3.8) is 0 Å². The molecule has 11 heavy (non-hydrogen) atoms. The van der Waals surface area contributed by atoms with Crippen LogP contribution in [0.1, 0.15) is 0 Å². The quantitative estimate of drug-likeness (QED) is 0.592. The standard InChI is InChI=1S/2C3H11NSi.Li/c2*1-4-5(2)3;/h2*4-5H,1-3H3;. The van der Waals surface area contributed by atoms with Gasteiger partial charge >= 0.3 is 0 Å². The maximum absolute atomic E-state index is 3.17. The summed E-state index contributed by atoms with van der Waals surface area (Å²) in [4.78, 5) is 6.33. The fourth-order valence-corrected chi connectivity index (χ4v) is 0. The Morgan fingerprint density at radius 2 is 0.818 bits per heavy atom. The third-order valence-corrected chi connectivity index (χ3v) is 3.46. The monoisotopic (exact) mass is 185 g/mol. The molecular formula is C6H22LiN2Si2. The smallest absolute Gasteiger partial charge is 0.102 e. The molecule has 0 unspecified atom stereocenters. The molecule has 65 valence electrons. The van der Waals surface area contributed by atoms with Gasteiger partial charge in [0.25, 0.3) is 0 Å². The summed E-state index contributed by atoms with van der Waals surface area (Å²) >= 11 is 0. The van der Waals surface area contributed by atoms with Gasteiger partial charge in [0, 0.05) is 18.9 Å². The molecule has 0 bridgehead atoms. The Morgan fingerprint density at radius 1 is 0.727 bits per heavy atom. The maximum atomic E-state index is 3.17. The number of hydrogen-bond donors (Lipinski definition) is 2. The van der Waals surface area contributed by atoms with Crippen molar-refractivity contribution in [2.24, 2.45) is 0 Å². The maximum Gasteiger partial charge on any atom is 0.102 e. The van der Waals surface area contributed by atoms with E-state index in [9.17, 15) is 0 Å². The zero-order valence-electron chi connectivity index (χ0n) is 9.15. The van der Waals surface area contributed by atoms with Crippen LogP contribution in [0.2, 0.25) is 26.2 Å². The molecule has 0 aliphatic carbocycles. The molecular weight excluding hydrogens is 163 g/mol. The van der Waals surface area contributed by atoms with Gasteiger partial charge in [0.2, 0.25) is 0 Å². The Bertz CT molecular complexity index is 54.5. The zero-order chi connectivity index (χ0) is 8.57. The minimum absolute atomic E-state index is 0. The van der Waals surface area contributed by atoms with Crippen molar-refractivity contribution >= 4 is 36.8 Å². The molecule has 0 aliphatic heterocycles. The van der Waals surface area contributed by atoms with Gasteiger partial charge in [-0.15, -0.1) is 0 Å². The van der Waals surface area contributed by atoms with Crippen molar-refractivity contribution in [1.29, 1.82) is 0 Å². The molecule has 2 N–H and O–H groups in total. The Kier molecular flexibility index (Phi) is 22.0. The molecule has 0 spiro atoms. The van der Waals surface area contributed by atoms with Gasteiger partial charge in [-0.25, -0.2) is 0 Å². The first kappa shape index (κ1) is 17.9. The van der Waals surface area contributed by atoms with Crippen LogP contribution in [0.15, 0.2) is 0 Å². The van der Waals surface area contributed by atoms with Crippen molar-refractivity contribution < 1.29 is 0 Å². The van der Waals surface area contributed by atoms with E-state index in [0.29, 0.717) is 0 Å². The van der Waals surface area contributed by atoms with Crippen LogP contribution in [0, 0.1) is 0 Å². The normalized spacial score (nSPS) is 8.73. The van der Waals surface area contributed by atoms with Gasteiger partial charge in [-0.05, 0) is 14.1 Å². The first-order valence-corrected chi connectivity index (χ1v) is 9.66. The fourth-order valence-electron chi connectivity index (χ4n) is 0. The molecule has 0 saturated carbocycles. The summed E-state index contributed by atoms with van der Waals surface area (Å²) in [5, 5.41) is 0. The van der Waals surface area contributed by atoms with Crippen LogP contribution in [0.25, 0.3) is 0 Å². The predicted octanol–water partition coefficient (Wildman–Crippen LogP) is -0.00240. The van der Waals surface area contributed by atoms with Crippen molar-refractivity contribution in [3.05, 3.63) is 0 Å². The van der Waals surface area contributed by atoms with E-state index in [-0.39, 0.29) is 18.9 Å². The molecule has 0 aromatic rings. The molecule has 2 nitrogen and oxygen atoms in total. The van der Waals surface area contributed by atoms with Crippen LogP contribution in [0.5, 0.6) is 0 Å². The first-order valence-electron chi connectivity index (χ1n) is 3.89. The van der Waals surface area contributed by atoms with Crippen LogP contribution >= 0.6 is 0 Å². The summed E-state index contributed by atoms with van der Waals surface area (Å²) in [6.07, 6.45) is 0. The van der Waals surface area contributed by atoms with Gasteiger partial charge in [0.15, 0.2) is 0 Å². The third kappa shape index (κ3) is 35.8. The van der Waals surface area contributed by atoms with Gasteiger partial charge in [-0.3, -0.25) is 0 Å². The second-order valence-corrected chi connectivity index (χ2v) is 8.66. The molecule has 0 aromatic heterocycles. The summed E-state index contributed by atoms with van der Waals surface area (Å²) < 4.78 is 0. The second kappa shape index (κ2) is 13.5. The molecule has 0 aromatic carbocycles. The zero-order valence-corrected chi connectivity index (χ0v) is 11.5. The van der Waals surface area contributed by atoms with Gasteiger partial charge in [-0.1, -0.05) is 26.2 Å². The van der Waals surface area contributed by atoms with E-state index in [1.165, 1.54) is 0 Å². The molecule has 0 rings (SSSR count). The van der Waals surface area contributed by atoms with Gasteiger partial charge in [0.1, 0.15) is 17.9 Å². The van der Waals surface area contributed by atoms with Crippen molar-refractivity contribution in [1.82, 2.24) is 9.96 Å². The van der Waals surface area contributed by atoms with E-state index in [2.05, 4.69) is 36.2 Å². The van der Waals surface area contributed by atoms with Gasteiger partial charge < -0.3 is 9.96 Å². The molecule has 5 heteroatoms. The first-order chi connectivity index (χ1) is 4.54. The average molecular weight is 185 g/mol. The van der Waals surface area contributed by atoms with Crippen LogP contribution in [-0.4, -0.2) is 50.9 Å². The fraction of sp³-hybridized carbons (Fsp3) is 1.00. The van der Waals surface area contributed by atoms with Crippen LogP contribution in [0.3, 0.4) is 0 Å². The second-order valence-electron chi connectivity index (χ2n) is 2.89. The van der Waals surface area contributed by atoms with Crippen molar-refractivity contribution in [3.8, 4) is 0 Å². The number of hydrogen-bond acceptors (Lipinski definition) is 2. The molecule has 0 heterocycles. The van der Waals surface area contributed by atoms with E-state index >= 15 is 0 Å². The van der Waals surface area contributed by atoms with E-state index in [4.69, 9.17) is 0 Å². The van der Waals surface area contributed by atoms with E-state index < -0.39 is 17.9 Å². The Hall–Kier alpha value is 0.951. The third-order valence-electron chi connectivity index (χ3n) is 1.15. The van der Waals surface area contributed by atoms with Gasteiger partial charge in [-0.2, -0.15) is 0 Å². The van der Waals surface area contributed by atoms with Gasteiger partial charge in [0.05, 0.1) is 0 Å². The van der Waals surface area contributed by atoms with E-state index in [1.807, 2.05) is 14.1 Å². The van der Waals surface area contributed by atoms with Crippen LogP contribution in [-0.2, 0) is 0 Å². The summed E-state index contributed by atoms with van der Waals surface area (Å²) in [5.41, 5.74) is 0. The summed E-state index contributed by atoms with van der Waals surface area (Å²) in [5.74, 6) is 0. The predicted molar refractivity (Wildman–Crippen MR) is 61.6 cm³/mol. The Labute approximate surface area is 87.1 Å². The van der Waals surface area contributed by atoms with Crippen LogP contribution in [0.4, 0.5) is 0 Å². The minimum atomic E-state index is -0.400.